The van der Waals surface area contributed by atoms with Crippen LogP contribution in [-0.4, -0.2) is 17.9 Å². The van der Waals surface area contributed by atoms with Gasteiger partial charge in [0, 0.05) is 5.92 Å². The number of carbonyl (C=O) groups excluding carboxylic acids is 2. The maximum Gasteiger partial charge on any atom is 0.240 e. The van der Waals surface area contributed by atoms with Gasteiger partial charge >= 0.3 is 0 Å². The molecular weight excluding hydrogens is 280 g/mol. The summed E-state index contributed by atoms with van der Waals surface area (Å²) in [6, 6.07) is 4.06. The Morgan fingerprint density at radius 1 is 1.38 bits per heavy atom. The molecule has 0 saturated carbocycles. The van der Waals surface area contributed by atoms with Crippen molar-refractivity contribution in [3.63, 3.8) is 0 Å². The van der Waals surface area contributed by atoms with Crippen molar-refractivity contribution in [3.8, 4) is 6.07 Å². The van der Waals surface area contributed by atoms with Crippen molar-refractivity contribution in [2.24, 2.45) is 11.7 Å². The van der Waals surface area contributed by atoms with Gasteiger partial charge in [0.1, 0.15) is 6.04 Å². The summed E-state index contributed by atoms with van der Waals surface area (Å²) in [6.45, 7) is 1.59. The molecule has 0 aliphatic carbocycles. The second-order valence-electron chi connectivity index (χ2n) is 4.71. The summed E-state index contributed by atoms with van der Waals surface area (Å²) >= 11 is 0. The molecular formula is C14H15F2N3O2. The predicted molar refractivity (Wildman–Crippen MR) is 70.6 cm³/mol. The Labute approximate surface area is 120 Å². The zero-order valence-electron chi connectivity index (χ0n) is 11.4. The van der Waals surface area contributed by atoms with Gasteiger partial charge in [-0.1, -0.05) is 6.07 Å². The van der Waals surface area contributed by atoms with Gasteiger partial charge in [-0.05, 0) is 31.0 Å². The second kappa shape index (κ2) is 7.33. The van der Waals surface area contributed by atoms with Crippen LogP contribution in [-0.2, 0) is 16.0 Å². The molecule has 0 saturated heterocycles. The molecule has 0 unspecified atom stereocenters. The maximum atomic E-state index is 13.0. The number of hydrogen-bond acceptors (Lipinski definition) is 3. The van der Waals surface area contributed by atoms with Crippen LogP contribution in [0.1, 0.15) is 18.9 Å². The Kier molecular flexibility index (Phi) is 5.79. The summed E-state index contributed by atoms with van der Waals surface area (Å²) in [5.74, 6) is -3.82. The zero-order chi connectivity index (χ0) is 16.0. The molecule has 5 nitrogen and oxygen atoms in total. The van der Waals surface area contributed by atoms with Crippen LogP contribution in [0.3, 0.4) is 0 Å². The van der Waals surface area contributed by atoms with Gasteiger partial charge < -0.3 is 11.1 Å². The van der Waals surface area contributed by atoms with Crippen molar-refractivity contribution in [2.75, 3.05) is 0 Å². The van der Waals surface area contributed by atoms with Crippen LogP contribution in [0.2, 0.25) is 0 Å². The standard InChI is InChI=1S/C14H15F2N3O2/c1-8(7-17)4-12(14(18)21)19-13(20)6-9-2-3-10(15)11(16)5-9/h2-3,5,8,12H,4,6H2,1H3,(H2,18,21)(H,19,20)/t8-,12-/m0/s1. The molecule has 0 spiro atoms. The average Bonchev–Trinajstić information content (AvgIpc) is 2.41. The van der Waals surface area contributed by atoms with Crippen molar-refractivity contribution in [1.82, 2.24) is 5.32 Å². The molecule has 2 atom stereocenters. The average molecular weight is 295 g/mol. The number of nitrogens with two attached hydrogens (primary N) is 1. The second-order valence-corrected chi connectivity index (χ2v) is 4.71. The van der Waals surface area contributed by atoms with Crippen molar-refractivity contribution in [3.05, 3.63) is 35.4 Å². The van der Waals surface area contributed by atoms with E-state index in [0.717, 1.165) is 12.1 Å². The van der Waals surface area contributed by atoms with Crippen LogP contribution in [0.15, 0.2) is 18.2 Å². The van der Waals surface area contributed by atoms with E-state index < -0.39 is 35.4 Å². The molecule has 0 fully saturated rings. The van der Waals surface area contributed by atoms with Crippen molar-refractivity contribution < 1.29 is 18.4 Å². The number of nitrogens with one attached hydrogen (secondary N) is 1. The fourth-order valence-electron chi connectivity index (χ4n) is 1.73. The van der Waals surface area contributed by atoms with Gasteiger partial charge in [0.05, 0.1) is 12.5 Å². The lowest BCUT2D eigenvalue weighted by atomic mass is 10.0. The Hall–Kier alpha value is -2.49. The summed E-state index contributed by atoms with van der Waals surface area (Å²) < 4.78 is 25.8. The van der Waals surface area contributed by atoms with Crippen molar-refractivity contribution in [1.29, 1.82) is 5.26 Å². The highest BCUT2D eigenvalue weighted by Crippen LogP contribution is 2.10. The van der Waals surface area contributed by atoms with Crippen LogP contribution in [0.4, 0.5) is 8.78 Å². The quantitative estimate of drug-likeness (QED) is 0.820. The van der Waals surface area contributed by atoms with E-state index in [1.165, 1.54) is 6.07 Å². The smallest absolute Gasteiger partial charge is 0.240 e. The Bertz CT molecular complexity index is 584. The van der Waals surface area contributed by atoms with Crippen molar-refractivity contribution in [2.45, 2.75) is 25.8 Å². The summed E-state index contributed by atoms with van der Waals surface area (Å²) in [4.78, 5) is 23.0. The third kappa shape index (κ3) is 5.18. The Morgan fingerprint density at radius 2 is 2.05 bits per heavy atom. The molecule has 0 aromatic heterocycles. The highest BCUT2D eigenvalue weighted by atomic mass is 19.2. The van der Waals surface area contributed by atoms with E-state index in [9.17, 15) is 18.4 Å². The molecule has 0 aliphatic heterocycles. The molecule has 3 N–H and O–H groups in total. The first-order chi connectivity index (χ1) is 9.83. The summed E-state index contributed by atoms with van der Waals surface area (Å²) in [7, 11) is 0. The van der Waals surface area contributed by atoms with E-state index in [-0.39, 0.29) is 18.4 Å². The lowest BCUT2D eigenvalue weighted by Crippen LogP contribution is -2.45. The fourth-order valence-corrected chi connectivity index (χ4v) is 1.73. The minimum absolute atomic E-state index is 0.0926. The number of nitriles is 1. The Balaban J connectivity index is 2.67. The van der Waals surface area contributed by atoms with Crippen LogP contribution < -0.4 is 11.1 Å². The first kappa shape index (κ1) is 16.6. The van der Waals surface area contributed by atoms with Crippen LogP contribution in [0, 0.1) is 28.9 Å². The van der Waals surface area contributed by atoms with Gasteiger partial charge in [0.25, 0.3) is 0 Å². The van der Waals surface area contributed by atoms with E-state index >= 15 is 0 Å². The third-order valence-electron chi connectivity index (χ3n) is 2.84. The molecule has 112 valence electrons. The lowest BCUT2D eigenvalue weighted by molar-refractivity contribution is -0.127. The number of primary amides is 1. The number of halogens is 2. The molecule has 1 aromatic rings. The molecule has 21 heavy (non-hydrogen) atoms. The molecule has 0 radical (unpaired) electrons. The van der Waals surface area contributed by atoms with Crippen LogP contribution >= 0.6 is 0 Å². The monoisotopic (exact) mass is 295 g/mol. The lowest BCUT2D eigenvalue weighted by Gasteiger charge is -2.16. The molecule has 0 bridgehead atoms. The SMILES string of the molecule is C[C@H](C#N)C[C@H](NC(=O)Cc1ccc(F)c(F)c1)C(N)=O. The zero-order valence-corrected chi connectivity index (χ0v) is 11.4. The molecule has 2 amide bonds. The maximum absolute atomic E-state index is 13.0. The van der Waals surface area contributed by atoms with Gasteiger partial charge in [0.15, 0.2) is 11.6 Å². The number of nitrogens with zero attached hydrogens (tertiary/aromatic N) is 1. The van der Waals surface area contributed by atoms with Crippen molar-refractivity contribution >= 4 is 11.8 Å². The summed E-state index contributed by atoms with van der Waals surface area (Å²) in [6.07, 6.45) is -0.128. The fraction of sp³-hybridized carbons (Fsp3) is 0.357. The van der Waals surface area contributed by atoms with Gasteiger partial charge in [-0.2, -0.15) is 5.26 Å². The van der Waals surface area contributed by atoms with E-state index in [2.05, 4.69) is 5.32 Å². The summed E-state index contributed by atoms with van der Waals surface area (Å²) in [5, 5.41) is 11.1. The minimum atomic E-state index is -1.05. The largest absolute Gasteiger partial charge is 0.368 e. The Morgan fingerprint density at radius 3 is 2.57 bits per heavy atom. The van der Waals surface area contributed by atoms with E-state index in [1.807, 2.05) is 6.07 Å². The molecule has 1 rings (SSSR count). The number of hydrogen-bond donors (Lipinski definition) is 2. The number of carbonyl (C=O) groups is 2. The number of benzene rings is 1. The minimum Gasteiger partial charge on any atom is -0.368 e. The van der Waals surface area contributed by atoms with Crippen LogP contribution in [0.5, 0.6) is 0 Å². The van der Waals surface area contributed by atoms with Crippen LogP contribution in [0.25, 0.3) is 0 Å². The number of rotatable bonds is 6. The third-order valence-corrected chi connectivity index (χ3v) is 2.84. The van der Waals surface area contributed by atoms with E-state index in [1.54, 1.807) is 6.92 Å². The summed E-state index contributed by atoms with van der Waals surface area (Å²) in [5.41, 5.74) is 5.42. The molecule has 1 aromatic carbocycles. The van der Waals surface area contributed by atoms with Gasteiger partial charge in [-0.25, -0.2) is 8.78 Å². The molecule has 0 aliphatic rings. The normalized spacial score (nSPS) is 13.0. The predicted octanol–water partition coefficient (Wildman–Crippen LogP) is 1.03. The van der Waals surface area contributed by atoms with Gasteiger partial charge in [0.2, 0.25) is 11.8 Å². The topological polar surface area (TPSA) is 96.0 Å². The first-order valence-corrected chi connectivity index (χ1v) is 6.25. The molecule has 7 heteroatoms. The van der Waals surface area contributed by atoms with E-state index in [0.29, 0.717) is 0 Å². The van der Waals surface area contributed by atoms with Gasteiger partial charge in [-0.3, -0.25) is 9.59 Å². The highest BCUT2D eigenvalue weighted by molar-refractivity contribution is 5.87. The van der Waals surface area contributed by atoms with Gasteiger partial charge in [-0.15, -0.1) is 0 Å². The number of amides is 2. The van der Waals surface area contributed by atoms with E-state index in [4.69, 9.17) is 11.0 Å². The highest BCUT2D eigenvalue weighted by Gasteiger charge is 2.21. The first-order valence-electron chi connectivity index (χ1n) is 6.25. The molecule has 0 heterocycles.